The number of hydrogen-bond acceptors (Lipinski definition) is 6. The van der Waals surface area contributed by atoms with E-state index < -0.39 is 24.3 Å². The van der Waals surface area contributed by atoms with Crippen LogP contribution in [0, 0.1) is 6.92 Å². The van der Waals surface area contributed by atoms with Crippen molar-refractivity contribution in [2.45, 2.75) is 31.7 Å². The molecule has 1 aromatic heterocycles. The number of rotatable bonds is 3. The lowest BCUT2D eigenvalue weighted by molar-refractivity contribution is -0.206. The van der Waals surface area contributed by atoms with Crippen LogP contribution < -0.4 is 5.32 Å². The second kappa shape index (κ2) is 6.23. The van der Waals surface area contributed by atoms with Crippen molar-refractivity contribution in [1.82, 2.24) is 15.5 Å². The number of ether oxygens (including phenoxy) is 1. The highest BCUT2D eigenvalue weighted by atomic mass is 19.4. The molecule has 24 heavy (non-hydrogen) atoms. The zero-order valence-corrected chi connectivity index (χ0v) is 12.6. The lowest BCUT2D eigenvalue weighted by Crippen LogP contribution is -2.37. The molecule has 9 heteroatoms. The number of nitrogens with one attached hydrogen (secondary N) is 1. The molecule has 3 rings (SSSR count). The highest BCUT2D eigenvalue weighted by molar-refractivity contribution is 5.75. The molecule has 1 fully saturated rings. The lowest BCUT2D eigenvalue weighted by Gasteiger charge is -2.17. The van der Waals surface area contributed by atoms with Gasteiger partial charge in [0.1, 0.15) is 0 Å². The number of aromatic nitrogens is 2. The van der Waals surface area contributed by atoms with Gasteiger partial charge >= 0.3 is 12.1 Å². The van der Waals surface area contributed by atoms with Crippen molar-refractivity contribution in [2.24, 2.45) is 0 Å². The molecule has 2 atom stereocenters. The Morgan fingerprint density at radius 2 is 2.04 bits per heavy atom. The molecule has 1 aromatic carbocycles. The molecule has 0 bridgehead atoms. The number of alkyl halides is 3. The quantitative estimate of drug-likeness (QED) is 0.865. The fourth-order valence-electron chi connectivity index (χ4n) is 2.44. The Labute approximate surface area is 135 Å². The summed E-state index contributed by atoms with van der Waals surface area (Å²) in [6.07, 6.45) is -5.77. The molecule has 128 valence electrons. The van der Waals surface area contributed by atoms with E-state index in [1.807, 2.05) is 31.2 Å². The fraction of sp³-hybridized carbons (Fsp3) is 0.400. The minimum atomic E-state index is -5.04. The first-order valence-electron chi connectivity index (χ1n) is 7.26. The normalized spacial score (nSPS) is 21.0. The third kappa shape index (κ3) is 3.40. The number of halogens is 3. The summed E-state index contributed by atoms with van der Waals surface area (Å²) in [6.45, 7) is 2.32. The van der Waals surface area contributed by atoms with E-state index in [0.29, 0.717) is 18.8 Å². The number of esters is 1. The van der Waals surface area contributed by atoms with E-state index >= 15 is 0 Å². The molecule has 2 heterocycles. The molecular formula is C15H14F3N3O3. The first kappa shape index (κ1) is 16.4. The molecule has 0 saturated carbocycles. The first-order valence-corrected chi connectivity index (χ1v) is 7.26. The lowest BCUT2D eigenvalue weighted by atomic mass is 10.1. The van der Waals surface area contributed by atoms with Gasteiger partial charge in [0.25, 0.3) is 0 Å². The number of nitrogens with zero attached hydrogens (tertiary/aromatic N) is 2. The van der Waals surface area contributed by atoms with Gasteiger partial charge in [0, 0.05) is 5.56 Å². The number of carbonyl (C=O) groups excluding carboxylic acids is 1. The topological polar surface area (TPSA) is 77.3 Å². The van der Waals surface area contributed by atoms with Gasteiger partial charge in [0.05, 0.1) is 5.92 Å². The number of carbonyl (C=O) groups is 1. The smallest absolute Gasteiger partial charge is 0.439 e. The van der Waals surface area contributed by atoms with Crippen molar-refractivity contribution < 1.29 is 27.2 Å². The summed E-state index contributed by atoms with van der Waals surface area (Å²) in [5.41, 5.74) is 1.80. The SMILES string of the molecule is Cc1ccc(-c2noc([C@@H]3CCNC3OC(=O)C(F)(F)F)n2)cc1. The molecule has 1 aliphatic rings. The highest BCUT2D eigenvalue weighted by Crippen LogP contribution is 2.30. The van der Waals surface area contributed by atoms with Crippen LogP contribution in [0.2, 0.25) is 0 Å². The second-order valence-electron chi connectivity index (χ2n) is 5.50. The maximum atomic E-state index is 12.3. The van der Waals surface area contributed by atoms with Crippen LogP contribution in [-0.4, -0.2) is 35.1 Å². The molecule has 0 radical (unpaired) electrons. The van der Waals surface area contributed by atoms with Gasteiger partial charge in [-0.15, -0.1) is 0 Å². The Balaban J connectivity index is 1.76. The Morgan fingerprint density at radius 3 is 2.71 bits per heavy atom. The van der Waals surface area contributed by atoms with E-state index in [-0.39, 0.29) is 5.89 Å². The third-order valence-electron chi connectivity index (χ3n) is 3.70. The number of hydrogen-bond donors (Lipinski definition) is 1. The van der Waals surface area contributed by atoms with Crippen molar-refractivity contribution in [3.63, 3.8) is 0 Å². The van der Waals surface area contributed by atoms with Crippen LogP contribution in [0.5, 0.6) is 0 Å². The van der Waals surface area contributed by atoms with Gasteiger partial charge in [-0.25, -0.2) is 4.79 Å². The Morgan fingerprint density at radius 1 is 1.33 bits per heavy atom. The number of benzene rings is 1. The van der Waals surface area contributed by atoms with Crippen LogP contribution in [0.1, 0.15) is 23.8 Å². The van der Waals surface area contributed by atoms with E-state index in [4.69, 9.17) is 4.52 Å². The van der Waals surface area contributed by atoms with E-state index in [2.05, 4.69) is 20.2 Å². The summed E-state index contributed by atoms with van der Waals surface area (Å²) in [5, 5.41) is 6.54. The average Bonchev–Trinajstić information content (AvgIpc) is 3.15. The monoisotopic (exact) mass is 341 g/mol. The highest BCUT2D eigenvalue weighted by Gasteiger charge is 2.45. The summed E-state index contributed by atoms with van der Waals surface area (Å²) in [5.74, 6) is -2.40. The van der Waals surface area contributed by atoms with Crippen molar-refractivity contribution in [3.05, 3.63) is 35.7 Å². The predicted molar refractivity (Wildman–Crippen MR) is 75.8 cm³/mol. The van der Waals surface area contributed by atoms with Gasteiger partial charge in [-0.2, -0.15) is 18.2 Å². The van der Waals surface area contributed by atoms with E-state index in [9.17, 15) is 18.0 Å². The molecule has 1 aliphatic heterocycles. The molecule has 0 aliphatic carbocycles. The van der Waals surface area contributed by atoms with Crippen LogP contribution in [0.15, 0.2) is 28.8 Å². The van der Waals surface area contributed by atoms with Gasteiger partial charge in [-0.3, -0.25) is 5.32 Å². The van der Waals surface area contributed by atoms with Gasteiger partial charge in [-0.1, -0.05) is 35.0 Å². The van der Waals surface area contributed by atoms with Crippen LogP contribution in [-0.2, 0) is 9.53 Å². The largest absolute Gasteiger partial charge is 0.490 e. The van der Waals surface area contributed by atoms with E-state index in [1.54, 1.807) is 0 Å². The molecule has 1 saturated heterocycles. The van der Waals surface area contributed by atoms with Crippen LogP contribution in [0.25, 0.3) is 11.4 Å². The molecule has 0 amide bonds. The summed E-state index contributed by atoms with van der Waals surface area (Å²) in [4.78, 5) is 15.2. The summed E-state index contributed by atoms with van der Waals surface area (Å²) < 4.78 is 46.6. The average molecular weight is 341 g/mol. The zero-order chi connectivity index (χ0) is 17.3. The molecule has 6 nitrogen and oxygen atoms in total. The van der Waals surface area contributed by atoms with Gasteiger partial charge in [0.15, 0.2) is 6.23 Å². The Hall–Kier alpha value is -2.42. The maximum Gasteiger partial charge on any atom is 0.490 e. The second-order valence-corrected chi connectivity index (χ2v) is 5.50. The van der Waals surface area contributed by atoms with Crippen molar-refractivity contribution in [2.75, 3.05) is 6.54 Å². The van der Waals surface area contributed by atoms with Gasteiger partial charge in [0.2, 0.25) is 11.7 Å². The minimum Gasteiger partial charge on any atom is -0.439 e. The summed E-state index contributed by atoms with van der Waals surface area (Å²) in [6, 6.07) is 7.41. The van der Waals surface area contributed by atoms with Crippen LogP contribution >= 0.6 is 0 Å². The van der Waals surface area contributed by atoms with Crippen LogP contribution in [0.4, 0.5) is 13.2 Å². The molecule has 1 N–H and O–H groups in total. The minimum absolute atomic E-state index is 0.135. The van der Waals surface area contributed by atoms with E-state index in [1.165, 1.54) is 0 Å². The van der Waals surface area contributed by atoms with Crippen molar-refractivity contribution in [3.8, 4) is 11.4 Å². The Kier molecular flexibility index (Phi) is 4.27. The summed E-state index contributed by atoms with van der Waals surface area (Å²) >= 11 is 0. The third-order valence-corrected chi connectivity index (χ3v) is 3.70. The molecule has 0 spiro atoms. The molecule has 2 aromatic rings. The van der Waals surface area contributed by atoms with Crippen molar-refractivity contribution in [1.29, 1.82) is 0 Å². The molecular weight excluding hydrogens is 327 g/mol. The maximum absolute atomic E-state index is 12.3. The number of aryl methyl sites for hydroxylation is 1. The summed E-state index contributed by atoms with van der Waals surface area (Å²) in [7, 11) is 0. The fourth-order valence-corrected chi connectivity index (χ4v) is 2.44. The first-order chi connectivity index (χ1) is 11.3. The standard InChI is InChI=1S/C15H14F3N3O3/c1-8-2-4-9(5-3-8)11-20-13(24-21-11)10-6-7-19-12(10)23-14(22)15(16,17)18/h2-5,10,12,19H,6-7H2,1H3/t10-,12?/m1/s1. The Bertz CT molecular complexity index is 728. The zero-order valence-electron chi connectivity index (χ0n) is 12.6. The molecule has 1 unspecified atom stereocenters. The van der Waals surface area contributed by atoms with Crippen LogP contribution in [0.3, 0.4) is 0 Å². The predicted octanol–water partition coefficient (Wildman–Crippen LogP) is 2.55. The van der Waals surface area contributed by atoms with Crippen molar-refractivity contribution >= 4 is 5.97 Å². The van der Waals surface area contributed by atoms with Gasteiger partial charge < -0.3 is 9.26 Å². The van der Waals surface area contributed by atoms with Gasteiger partial charge in [-0.05, 0) is 19.9 Å². The van der Waals surface area contributed by atoms with E-state index in [0.717, 1.165) is 11.1 Å².